The largest absolute Gasteiger partial charge is 0.497 e. The number of nitro groups is 1. The molecule has 0 aliphatic heterocycles. The van der Waals surface area contributed by atoms with Crippen LogP contribution in [0.5, 0.6) is 5.75 Å². The summed E-state index contributed by atoms with van der Waals surface area (Å²) in [6.07, 6.45) is 0. The zero-order valence-electron chi connectivity index (χ0n) is 11.3. The van der Waals surface area contributed by atoms with Gasteiger partial charge in [-0.15, -0.1) is 0 Å². The number of nitro benzene ring substituents is 1. The van der Waals surface area contributed by atoms with Gasteiger partial charge >= 0.3 is 0 Å². The van der Waals surface area contributed by atoms with Crippen LogP contribution in [0.3, 0.4) is 0 Å². The van der Waals surface area contributed by atoms with Crippen LogP contribution >= 0.6 is 0 Å². The summed E-state index contributed by atoms with van der Waals surface area (Å²) in [4.78, 5) is 9.83. The second kappa shape index (κ2) is 7.17. The highest BCUT2D eigenvalue weighted by Gasteiger charge is 2.25. The van der Waals surface area contributed by atoms with Crippen LogP contribution < -0.4 is 14.8 Å². The van der Waals surface area contributed by atoms with Gasteiger partial charge in [-0.2, -0.15) is 0 Å². The van der Waals surface area contributed by atoms with Gasteiger partial charge in [0.2, 0.25) is 10.0 Å². The molecule has 9 heteroatoms. The fourth-order valence-corrected chi connectivity index (χ4v) is 2.70. The van der Waals surface area contributed by atoms with E-state index in [4.69, 9.17) is 4.74 Å². The highest BCUT2D eigenvalue weighted by atomic mass is 32.2. The molecule has 0 unspecified atom stereocenters. The Kier molecular flexibility index (Phi) is 5.86. The number of rotatable bonds is 8. The van der Waals surface area contributed by atoms with Crippen molar-refractivity contribution in [3.8, 4) is 5.75 Å². The Hall–Kier alpha value is -1.71. The maximum absolute atomic E-state index is 12.0. The number of nitrogens with zero attached hydrogens (tertiary/aromatic N) is 1. The molecule has 1 rings (SSSR count). The molecule has 1 aromatic rings. The molecule has 0 amide bonds. The van der Waals surface area contributed by atoms with E-state index in [0.717, 1.165) is 12.1 Å². The lowest BCUT2D eigenvalue weighted by Crippen LogP contribution is -2.32. The van der Waals surface area contributed by atoms with E-state index in [0.29, 0.717) is 13.1 Å². The third-order valence-corrected chi connectivity index (χ3v) is 4.00. The van der Waals surface area contributed by atoms with Crippen LogP contribution in [0, 0.1) is 10.1 Å². The van der Waals surface area contributed by atoms with Crippen LogP contribution in [-0.2, 0) is 10.0 Å². The average molecular weight is 303 g/mol. The minimum Gasteiger partial charge on any atom is -0.497 e. The van der Waals surface area contributed by atoms with E-state index >= 15 is 0 Å². The van der Waals surface area contributed by atoms with E-state index < -0.39 is 20.6 Å². The van der Waals surface area contributed by atoms with Crippen LogP contribution in [0.4, 0.5) is 5.69 Å². The Bertz CT molecular complexity index is 573. The fraction of sp³-hybridized carbons (Fsp3) is 0.455. The SMILES string of the molecule is CCNCCNS(=O)(=O)c1ccc(OC)cc1[N+](=O)[O-]. The lowest BCUT2D eigenvalue weighted by molar-refractivity contribution is -0.387. The molecule has 0 fully saturated rings. The van der Waals surface area contributed by atoms with E-state index in [9.17, 15) is 18.5 Å². The Balaban J connectivity index is 3.02. The highest BCUT2D eigenvalue weighted by Crippen LogP contribution is 2.27. The number of nitrogens with one attached hydrogen (secondary N) is 2. The van der Waals surface area contributed by atoms with Crippen LogP contribution in [0.2, 0.25) is 0 Å². The Morgan fingerprint density at radius 2 is 2.05 bits per heavy atom. The predicted octanol–water partition coefficient (Wildman–Crippen LogP) is 0.491. The quantitative estimate of drug-likeness (QED) is 0.411. The minimum absolute atomic E-state index is 0.152. The highest BCUT2D eigenvalue weighted by molar-refractivity contribution is 7.89. The van der Waals surface area contributed by atoms with Crippen molar-refractivity contribution in [3.63, 3.8) is 0 Å². The summed E-state index contributed by atoms with van der Waals surface area (Å²) >= 11 is 0. The monoisotopic (exact) mass is 303 g/mol. The zero-order chi connectivity index (χ0) is 15.2. The third-order valence-electron chi connectivity index (χ3n) is 2.50. The molecular weight excluding hydrogens is 286 g/mol. The van der Waals surface area contributed by atoms with Gasteiger partial charge in [0.25, 0.3) is 5.69 Å². The molecule has 0 heterocycles. The van der Waals surface area contributed by atoms with E-state index in [-0.39, 0.29) is 17.2 Å². The second-order valence-electron chi connectivity index (χ2n) is 3.84. The van der Waals surface area contributed by atoms with Gasteiger partial charge in [0.1, 0.15) is 5.75 Å². The molecule has 0 aromatic heterocycles. The van der Waals surface area contributed by atoms with E-state index in [1.54, 1.807) is 0 Å². The molecule has 0 saturated carbocycles. The number of likely N-dealkylation sites (N-methyl/N-ethyl adjacent to an activating group) is 1. The summed E-state index contributed by atoms with van der Waals surface area (Å²) in [5, 5.41) is 13.9. The molecule has 1 aromatic carbocycles. The van der Waals surface area contributed by atoms with Crippen molar-refractivity contribution in [2.24, 2.45) is 0 Å². The summed E-state index contributed by atoms with van der Waals surface area (Å²) in [6.45, 7) is 3.20. The van der Waals surface area contributed by atoms with E-state index in [1.807, 2.05) is 6.92 Å². The number of hydrogen-bond donors (Lipinski definition) is 2. The summed E-state index contributed by atoms with van der Waals surface area (Å²) in [6, 6.07) is 3.61. The van der Waals surface area contributed by atoms with Crippen molar-refractivity contribution in [1.29, 1.82) is 0 Å². The fourth-order valence-electron chi connectivity index (χ4n) is 1.52. The predicted molar refractivity (Wildman–Crippen MR) is 73.4 cm³/mol. The maximum Gasteiger partial charge on any atom is 0.293 e. The van der Waals surface area contributed by atoms with Gasteiger partial charge in [-0.05, 0) is 18.7 Å². The average Bonchev–Trinajstić information content (AvgIpc) is 2.42. The number of sulfonamides is 1. The molecule has 0 bridgehead atoms. The minimum atomic E-state index is -3.93. The molecule has 2 N–H and O–H groups in total. The molecule has 8 nitrogen and oxygen atoms in total. The molecule has 112 valence electrons. The van der Waals surface area contributed by atoms with Gasteiger partial charge in [-0.25, -0.2) is 13.1 Å². The number of methoxy groups -OCH3 is 1. The van der Waals surface area contributed by atoms with Gasteiger partial charge < -0.3 is 10.1 Å². The summed E-state index contributed by atoms with van der Waals surface area (Å²) in [7, 11) is -2.58. The third kappa shape index (κ3) is 4.15. The Labute approximate surface area is 117 Å². The van der Waals surface area contributed by atoms with Gasteiger partial charge in [0.05, 0.1) is 18.1 Å². The first-order chi connectivity index (χ1) is 9.42. The van der Waals surface area contributed by atoms with Gasteiger partial charge in [0.15, 0.2) is 4.90 Å². The molecular formula is C11H17N3O5S. The van der Waals surface area contributed by atoms with Crippen molar-refractivity contribution in [3.05, 3.63) is 28.3 Å². The van der Waals surface area contributed by atoms with Crippen LogP contribution in [0.1, 0.15) is 6.92 Å². The standard InChI is InChI=1S/C11H17N3O5S/c1-3-12-6-7-13-20(17,18)11-5-4-9(19-2)8-10(11)14(15)16/h4-5,8,12-13H,3,6-7H2,1-2H3. The van der Waals surface area contributed by atoms with E-state index in [2.05, 4.69) is 10.0 Å². The van der Waals surface area contributed by atoms with Crippen LogP contribution in [0.15, 0.2) is 23.1 Å². The molecule has 0 radical (unpaired) electrons. The topological polar surface area (TPSA) is 111 Å². The van der Waals surface area contributed by atoms with E-state index in [1.165, 1.54) is 13.2 Å². The van der Waals surface area contributed by atoms with Crippen molar-refractivity contribution in [1.82, 2.24) is 10.0 Å². The first-order valence-electron chi connectivity index (χ1n) is 5.95. The molecule has 20 heavy (non-hydrogen) atoms. The Morgan fingerprint density at radius 1 is 1.35 bits per heavy atom. The lowest BCUT2D eigenvalue weighted by atomic mass is 10.3. The van der Waals surface area contributed by atoms with Gasteiger partial charge in [-0.3, -0.25) is 10.1 Å². The summed E-state index contributed by atoms with van der Waals surface area (Å²) in [5.74, 6) is 0.225. The summed E-state index contributed by atoms with van der Waals surface area (Å²) < 4.78 is 31.2. The molecule has 0 aliphatic rings. The van der Waals surface area contributed by atoms with Crippen molar-refractivity contribution in [2.45, 2.75) is 11.8 Å². The van der Waals surface area contributed by atoms with Crippen molar-refractivity contribution in [2.75, 3.05) is 26.7 Å². The first kappa shape index (κ1) is 16.3. The second-order valence-corrected chi connectivity index (χ2v) is 5.58. The normalized spacial score (nSPS) is 11.3. The number of hydrogen-bond acceptors (Lipinski definition) is 6. The zero-order valence-corrected chi connectivity index (χ0v) is 12.1. The van der Waals surface area contributed by atoms with Crippen molar-refractivity contribution < 1.29 is 18.1 Å². The molecule has 0 saturated heterocycles. The molecule has 0 spiro atoms. The molecule has 0 atom stereocenters. The molecule has 0 aliphatic carbocycles. The number of benzene rings is 1. The maximum atomic E-state index is 12.0. The van der Waals surface area contributed by atoms with Crippen LogP contribution in [-0.4, -0.2) is 40.1 Å². The first-order valence-corrected chi connectivity index (χ1v) is 7.43. The lowest BCUT2D eigenvalue weighted by Gasteiger charge is -2.08. The smallest absolute Gasteiger partial charge is 0.293 e. The van der Waals surface area contributed by atoms with Gasteiger partial charge in [-0.1, -0.05) is 6.92 Å². The van der Waals surface area contributed by atoms with Crippen molar-refractivity contribution >= 4 is 15.7 Å². The summed E-state index contributed by atoms with van der Waals surface area (Å²) in [5.41, 5.74) is -0.514. The van der Waals surface area contributed by atoms with Gasteiger partial charge in [0, 0.05) is 13.1 Å². The van der Waals surface area contributed by atoms with Crippen LogP contribution in [0.25, 0.3) is 0 Å². The Morgan fingerprint density at radius 3 is 2.60 bits per heavy atom. The number of ether oxygens (including phenoxy) is 1.